The molecule has 126 valence electrons. The maximum absolute atomic E-state index is 10.2. The third-order valence-electron chi connectivity index (χ3n) is 3.94. The molecule has 1 unspecified atom stereocenters. The number of aromatic nitrogens is 3. The minimum Gasteiger partial charge on any atom is -0.387 e. The fourth-order valence-electron chi connectivity index (χ4n) is 2.66. The number of aryl methyl sites for hydroxylation is 1. The van der Waals surface area contributed by atoms with E-state index in [2.05, 4.69) is 21.5 Å². The van der Waals surface area contributed by atoms with Crippen LogP contribution in [0.4, 0.5) is 0 Å². The van der Waals surface area contributed by atoms with Gasteiger partial charge in [-0.1, -0.05) is 12.1 Å². The largest absolute Gasteiger partial charge is 0.387 e. The van der Waals surface area contributed by atoms with Crippen molar-refractivity contribution in [2.75, 3.05) is 6.54 Å². The first-order valence-electron chi connectivity index (χ1n) is 7.99. The summed E-state index contributed by atoms with van der Waals surface area (Å²) in [4.78, 5) is 3.95. The summed E-state index contributed by atoms with van der Waals surface area (Å²) in [5.74, 6) is 0. The summed E-state index contributed by atoms with van der Waals surface area (Å²) in [5.41, 5.74) is 4.33. The third kappa shape index (κ3) is 4.10. The first kappa shape index (κ1) is 16.8. The van der Waals surface area contributed by atoms with Crippen molar-refractivity contribution < 1.29 is 5.11 Å². The zero-order valence-corrected chi connectivity index (χ0v) is 13.9. The lowest BCUT2D eigenvalue weighted by atomic mass is 10.1. The molecular formula is C19H19N5O. The van der Waals surface area contributed by atoms with Crippen LogP contribution in [0.25, 0.3) is 11.3 Å². The maximum Gasteiger partial charge on any atom is 0.0991 e. The molecule has 0 spiro atoms. The van der Waals surface area contributed by atoms with Crippen molar-refractivity contribution in [3.63, 3.8) is 0 Å². The molecule has 6 nitrogen and oxygen atoms in total. The van der Waals surface area contributed by atoms with Gasteiger partial charge in [0.15, 0.2) is 0 Å². The van der Waals surface area contributed by atoms with Gasteiger partial charge in [-0.05, 0) is 29.8 Å². The molecule has 2 heterocycles. The van der Waals surface area contributed by atoms with Gasteiger partial charge in [0.1, 0.15) is 0 Å². The third-order valence-corrected chi connectivity index (χ3v) is 3.94. The number of benzene rings is 1. The van der Waals surface area contributed by atoms with E-state index in [1.807, 2.05) is 25.4 Å². The van der Waals surface area contributed by atoms with E-state index in [1.54, 1.807) is 41.3 Å². The highest BCUT2D eigenvalue weighted by molar-refractivity contribution is 5.63. The number of nitrogens with one attached hydrogen (secondary N) is 1. The summed E-state index contributed by atoms with van der Waals surface area (Å²) >= 11 is 0. The van der Waals surface area contributed by atoms with Gasteiger partial charge in [0.2, 0.25) is 0 Å². The lowest BCUT2D eigenvalue weighted by molar-refractivity contribution is 0.174. The average molecular weight is 333 g/mol. The molecule has 3 rings (SSSR count). The molecule has 25 heavy (non-hydrogen) atoms. The number of rotatable bonds is 6. The number of pyridine rings is 1. The number of hydrogen-bond acceptors (Lipinski definition) is 5. The predicted molar refractivity (Wildman–Crippen MR) is 94.3 cm³/mol. The highest BCUT2D eigenvalue weighted by Gasteiger charge is 2.12. The van der Waals surface area contributed by atoms with Crippen LogP contribution in [-0.4, -0.2) is 26.4 Å². The highest BCUT2D eigenvalue weighted by atomic mass is 16.3. The van der Waals surface area contributed by atoms with Crippen molar-refractivity contribution in [3.05, 3.63) is 71.7 Å². The summed E-state index contributed by atoms with van der Waals surface area (Å²) < 4.78 is 1.77. The Labute approximate surface area is 146 Å². The van der Waals surface area contributed by atoms with Gasteiger partial charge in [0.05, 0.1) is 23.4 Å². The maximum atomic E-state index is 10.2. The number of hydrogen-bond donors (Lipinski definition) is 2. The van der Waals surface area contributed by atoms with Crippen molar-refractivity contribution in [2.45, 2.75) is 12.6 Å². The Hall–Kier alpha value is -3.01. The quantitative estimate of drug-likeness (QED) is 0.722. The monoisotopic (exact) mass is 333 g/mol. The van der Waals surface area contributed by atoms with Crippen molar-refractivity contribution in [2.24, 2.45) is 7.05 Å². The zero-order valence-electron chi connectivity index (χ0n) is 13.9. The van der Waals surface area contributed by atoms with Crippen LogP contribution in [0.1, 0.15) is 22.8 Å². The molecule has 0 saturated carbocycles. The minimum absolute atomic E-state index is 0.436. The Morgan fingerprint density at radius 2 is 1.92 bits per heavy atom. The molecule has 0 aliphatic carbocycles. The number of nitriles is 1. The van der Waals surface area contributed by atoms with Crippen LogP contribution in [0.2, 0.25) is 0 Å². The van der Waals surface area contributed by atoms with E-state index < -0.39 is 6.10 Å². The average Bonchev–Trinajstić information content (AvgIpc) is 3.03. The topological polar surface area (TPSA) is 86.8 Å². The first-order chi connectivity index (χ1) is 12.2. The Balaban J connectivity index is 1.68. The lowest BCUT2D eigenvalue weighted by Crippen LogP contribution is -2.21. The van der Waals surface area contributed by atoms with Gasteiger partial charge >= 0.3 is 0 Å². The van der Waals surface area contributed by atoms with Gasteiger partial charge in [-0.25, -0.2) is 0 Å². The SMILES string of the molecule is Cn1cc(CNCC(O)c2ccncc2)c(-c2ccc(C#N)cc2)n1. The molecule has 2 N–H and O–H groups in total. The van der Waals surface area contributed by atoms with Crippen LogP contribution in [0.5, 0.6) is 0 Å². The smallest absolute Gasteiger partial charge is 0.0991 e. The van der Waals surface area contributed by atoms with E-state index in [9.17, 15) is 5.11 Å². The molecule has 6 heteroatoms. The van der Waals surface area contributed by atoms with Crippen LogP contribution in [0, 0.1) is 11.3 Å². The number of nitrogens with zero attached hydrogens (tertiary/aromatic N) is 4. The number of aliphatic hydroxyl groups is 1. The minimum atomic E-state index is -0.585. The fourth-order valence-corrected chi connectivity index (χ4v) is 2.66. The van der Waals surface area contributed by atoms with Gasteiger partial charge in [-0.15, -0.1) is 0 Å². The van der Waals surface area contributed by atoms with E-state index in [4.69, 9.17) is 5.26 Å². The van der Waals surface area contributed by atoms with Crippen LogP contribution in [0.3, 0.4) is 0 Å². The standard InChI is InChI=1S/C19H19N5O/c1-24-13-17(11-22-12-18(25)15-6-8-21-9-7-15)19(23-24)16-4-2-14(10-20)3-5-16/h2-9,13,18,22,25H,11-12H2,1H3. The summed E-state index contributed by atoms with van der Waals surface area (Å²) in [6.45, 7) is 1.02. The Bertz CT molecular complexity index is 865. The molecule has 1 atom stereocenters. The van der Waals surface area contributed by atoms with Gasteiger partial charge < -0.3 is 10.4 Å². The van der Waals surface area contributed by atoms with Crippen molar-refractivity contribution >= 4 is 0 Å². The molecule has 0 amide bonds. The summed E-state index contributed by atoms with van der Waals surface area (Å²) in [5, 5.41) is 26.9. The van der Waals surface area contributed by atoms with Gasteiger partial charge in [-0.3, -0.25) is 9.67 Å². The molecule has 0 bridgehead atoms. The van der Waals surface area contributed by atoms with Crippen molar-refractivity contribution in [3.8, 4) is 17.3 Å². The van der Waals surface area contributed by atoms with Crippen LogP contribution >= 0.6 is 0 Å². The normalized spacial score (nSPS) is 11.9. The molecular weight excluding hydrogens is 314 g/mol. The van der Waals surface area contributed by atoms with Gasteiger partial charge in [-0.2, -0.15) is 10.4 Å². The predicted octanol–water partition coefficient (Wildman–Crippen LogP) is 2.18. The van der Waals surface area contributed by atoms with E-state index in [-0.39, 0.29) is 0 Å². The molecule has 0 aliphatic rings. The van der Waals surface area contributed by atoms with E-state index in [0.717, 1.165) is 22.4 Å². The lowest BCUT2D eigenvalue weighted by Gasteiger charge is -2.12. The summed E-state index contributed by atoms with van der Waals surface area (Å²) in [6.07, 6.45) is 4.71. The van der Waals surface area contributed by atoms with Gasteiger partial charge in [0.25, 0.3) is 0 Å². The second-order valence-corrected chi connectivity index (χ2v) is 5.79. The van der Waals surface area contributed by atoms with Crippen molar-refractivity contribution in [1.29, 1.82) is 5.26 Å². The highest BCUT2D eigenvalue weighted by Crippen LogP contribution is 2.22. The summed E-state index contributed by atoms with van der Waals surface area (Å²) in [7, 11) is 1.88. The molecule has 0 saturated heterocycles. The van der Waals surface area contributed by atoms with Crippen LogP contribution < -0.4 is 5.32 Å². The molecule has 1 aromatic carbocycles. The zero-order chi connectivity index (χ0) is 17.6. The Kier molecular flexibility index (Phi) is 5.19. The van der Waals surface area contributed by atoms with Crippen LogP contribution in [0.15, 0.2) is 55.0 Å². The Morgan fingerprint density at radius 3 is 2.60 bits per heavy atom. The molecule has 0 aliphatic heterocycles. The van der Waals surface area contributed by atoms with Crippen LogP contribution in [-0.2, 0) is 13.6 Å². The molecule has 0 fully saturated rings. The van der Waals surface area contributed by atoms with Crippen molar-refractivity contribution in [1.82, 2.24) is 20.1 Å². The van der Waals surface area contributed by atoms with E-state index >= 15 is 0 Å². The molecule has 2 aromatic heterocycles. The van der Waals surface area contributed by atoms with E-state index in [1.165, 1.54) is 0 Å². The second-order valence-electron chi connectivity index (χ2n) is 5.79. The Morgan fingerprint density at radius 1 is 1.20 bits per heavy atom. The molecule has 3 aromatic rings. The second kappa shape index (κ2) is 7.71. The first-order valence-corrected chi connectivity index (χ1v) is 7.99. The fraction of sp³-hybridized carbons (Fsp3) is 0.211. The molecule has 0 radical (unpaired) electrons. The van der Waals surface area contributed by atoms with Gasteiger partial charge in [0, 0.05) is 49.9 Å². The number of aliphatic hydroxyl groups excluding tert-OH is 1. The van der Waals surface area contributed by atoms with E-state index in [0.29, 0.717) is 18.7 Å². The summed E-state index contributed by atoms with van der Waals surface area (Å²) in [6, 6.07) is 13.1.